The molecule has 0 spiro atoms. The van der Waals surface area contributed by atoms with Gasteiger partial charge in [-0.15, -0.1) is 0 Å². The Morgan fingerprint density at radius 2 is 1.81 bits per heavy atom. The first-order valence-electron chi connectivity index (χ1n) is 9.81. The second kappa shape index (κ2) is 8.36. The Hall–Kier alpha value is -2.65. The van der Waals surface area contributed by atoms with E-state index in [1.54, 1.807) is 6.20 Å². The predicted octanol–water partition coefficient (Wildman–Crippen LogP) is 2.39. The maximum absolute atomic E-state index is 8.94. The number of piperazine rings is 1. The third-order valence-corrected chi connectivity index (χ3v) is 5.58. The van der Waals surface area contributed by atoms with Crippen LogP contribution in [-0.2, 0) is 0 Å². The molecular formula is C21H26N6. The fourth-order valence-electron chi connectivity index (χ4n) is 4.13. The number of hydrogen-bond donors (Lipinski definition) is 0. The van der Waals surface area contributed by atoms with Gasteiger partial charge in [0.1, 0.15) is 17.7 Å². The summed E-state index contributed by atoms with van der Waals surface area (Å²) >= 11 is 0. The Bertz CT molecular complexity index is 762. The number of piperidine rings is 1. The summed E-state index contributed by atoms with van der Waals surface area (Å²) in [6, 6.07) is 12.1. The summed E-state index contributed by atoms with van der Waals surface area (Å²) in [7, 11) is 0. The molecule has 0 unspecified atom stereocenters. The van der Waals surface area contributed by atoms with Gasteiger partial charge in [-0.05, 0) is 43.0 Å². The summed E-state index contributed by atoms with van der Waals surface area (Å²) in [5.74, 6) is 2.77. The number of nitriles is 1. The Labute approximate surface area is 161 Å². The lowest BCUT2D eigenvalue weighted by Gasteiger charge is -2.40. The zero-order chi connectivity index (χ0) is 18.5. The van der Waals surface area contributed by atoms with Gasteiger partial charge in [0.2, 0.25) is 0 Å². The quantitative estimate of drug-likeness (QED) is 0.832. The van der Waals surface area contributed by atoms with Crippen molar-refractivity contribution in [1.82, 2.24) is 14.9 Å². The second-order valence-corrected chi connectivity index (χ2v) is 7.45. The Morgan fingerprint density at radius 1 is 0.963 bits per heavy atom. The Morgan fingerprint density at radius 3 is 2.52 bits per heavy atom. The summed E-state index contributed by atoms with van der Waals surface area (Å²) in [6.07, 6.45) is 6.04. The van der Waals surface area contributed by atoms with Crippen LogP contribution in [0.15, 0.2) is 42.7 Å². The SMILES string of the molecule is N#Cc1ccc(N2CCC[C@H](CN3CCN(c4ccccn4)CC3)C2)nc1. The largest absolute Gasteiger partial charge is 0.356 e. The van der Waals surface area contributed by atoms with E-state index in [9.17, 15) is 0 Å². The maximum Gasteiger partial charge on any atom is 0.128 e. The lowest BCUT2D eigenvalue weighted by atomic mass is 9.97. The Kier molecular flexibility index (Phi) is 5.50. The van der Waals surface area contributed by atoms with Gasteiger partial charge in [-0.2, -0.15) is 5.26 Å². The molecule has 2 fully saturated rings. The molecule has 1 atom stereocenters. The second-order valence-electron chi connectivity index (χ2n) is 7.45. The summed E-state index contributed by atoms with van der Waals surface area (Å²) in [5.41, 5.74) is 0.623. The molecule has 0 bridgehead atoms. The predicted molar refractivity (Wildman–Crippen MR) is 107 cm³/mol. The fourth-order valence-corrected chi connectivity index (χ4v) is 4.13. The van der Waals surface area contributed by atoms with Crippen molar-refractivity contribution >= 4 is 11.6 Å². The van der Waals surface area contributed by atoms with Crippen LogP contribution >= 0.6 is 0 Å². The third kappa shape index (κ3) is 4.37. The smallest absolute Gasteiger partial charge is 0.128 e. The van der Waals surface area contributed by atoms with Gasteiger partial charge in [-0.1, -0.05) is 6.07 Å². The molecule has 4 heterocycles. The van der Waals surface area contributed by atoms with Crippen molar-refractivity contribution < 1.29 is 0 Å². The van der Waals surface area contributed by atoms with Crippen LogP contribution in [0.2, 0.25) is 0 Å². The van der Waals surface area contributed by atoms with Crippen molar-refractivity contribution in [2.75, 3.05) is 55.6 Å². The first kappa shape index (κ1) is 17.7. The molecule has 2 aliphatic heterocycles. The molecule has 2 aromatic heterocycles. The lowest BCUT2D eigenvalue weighted by molar-refractivity contribution is 0.205. The van der Waals surface area contributed by atoms with Crippen LogP contribution in [0.25, 0.3) is 0 Å². The van der Waals surface area contributed by atoms with E-state index in [0.717, 1.165) is 57.4 Å². The first-order chi connectivity index (χ1) is 13.3. The van der Waals surface area contributed by atoms with Crippen molar-refractivity contribution in [3.8, 4) is 6.07 Å². The van der Waals surface area contributed by atoms with Crippen LogP contribution in [0.3, 0.4) is 0 Å². The van der Waals surface area contributed by atoms with Crippen molar-refractivity contribution in [3.05, 3.63) is 48.3 Å². The van der Waals surface area contributed by atoms with E-state index in [4.69, 9.17) is 5.26 Å². The number of hydrogen-bond acceptors (Lipinski definition) is 6. The molecule has 6 nitrogen and oxygen atoms in total. The van der Waals surface area contributed by atoms with Crippen LogP contribution in [0.5, 0.6) is 0 Å². The number of aromatic nitrogens is 2. The van der Waals surface area contributed by atoms with Gasteiger partial charge in [0.15, 0.2) is 0 Å². The van der Waals surface area contributed by atoms with Gasteiger partial charge in [0.05, 0.1) is 5.56 Å². The topological polar surface area (TPSA) is 59.3 Å². The average Bonchev–Trinajstić information content (AvgIpc) is 2.75. The van der Waals surface area contributed by atoms with Gasteiger partial charge >= 0.3 is 0 Å². The minimum atomic E-state index is 0.623. The summed E-state index contributed by atoms with van der Waals surface area (Å²) in [4.78, 5) is 16.3. The number of anilines is 2. The first-order valence-corrected chi connectivity index (χ1v) is 9.81. The molecule has 0 amide bonds. The molecule has 2 saturated heterocycles. The molecule has 0 saturated carbocycles. The summed E-state index contributed by atoms with van der Waals surface area (Å²) in [5, 5.41) is 8.94. The van der Waals surface area contributed by atoms with E-state index < -0.39 is 0 Å². The third-order valence-electron chi connectivity index (χ3n) is 5.58. The standard InChI is InChI=1S/C21H26N6/c22-14-18-6-7-21(24-15-18)27-9-3-4-19(17-27)16-25-10-12-26(13-11-25)20-5-1-2-8-23-20/h1-2,5-8,15,19H,3-4,9-13,16-17H2/t19-/m1/s1. The highest BCUT2D eigenvalue weighted by molar-refractivity contribution is 5.42. The van der Waals surface area contributed by atoms with Gasteiger partial charge in [-0.25, -0.2) is 9.97 Å². The monoisotopic (exact) mass is 362 g/mol. The fraction of sp³-hybridized carbons (Fsp3) is 0.476. The van der Waals surface area contributed by atoms with Crippen molar-refractivity contribution in [2.45, 2.75) is 12.8 Å². The lowest BCUT2D eigenvalue weighted by Crippen LogP contribution is -2.50. The number of nitrogens with zero attached hydrogens (tertiary/aromatic N) is 6. The summed E-state index contributed by atoms with van der Waals surface area (Å²) in [6.45, 7) is 7.56. The zero-order valence-electron chi connectivity index (χ0n) is 15.7. The molecule has 0 aliphatic carbocycles. The molecular weight excluding hydrogens is 336 g/mol. The van der Waals surface area contributed by atoms with E-state index in [1.165, 1.54) is 12.8 Å². The number of rotatable bonds is 4. The maximum atomic E-state index is 8.94. The van der Waals surface area contributed by atoms with Gasteiger partial charge in [-0.3, -0.25) is 4.90 Å². The van der Waals surface area contributed by atoms with Crippen molar-refractivity contribution in [3.63, 3.8) is 0 Å². The summed E-state index contributed by atoms with van der Waals surface area (Å²) < 4.78 is 0. The van der Waals surface area contributed by atoms with Crippen LogP contribution in [0.4, 0.5) is 11.6 Å². The van der Waals surface area contributed by atoms with Gasteiger partial charge < -0.3 is 9.80 Å². The highest BCUT2D eigenvalue weighted by atomic mass is 15.3. The highest BCUT2D eigenvalue weighted by Gasteiger charge is 2.25. The molecule has 6 heteroatoms. The van der Waals surface area contributed by atoms with E-state index in [2.05, 4.69) is 42.9 Å². The zero-order valence-corrected chi connectivity index (χ0v) is 15.7. The minimum Gasteiger partial charge on any atom is -0.356 e. The molecule has 4 rings (SSSR count). The van der Waals surface area contributed by atoms with Crippen molar-refractivity contribution in [1.29, 1.82) is 5.26 Å². The van der Waals surface area contributed by atoms with E-state index in [1.807, 2.05) is 24.4 Å². The molecule has 2 aromatic rings. The molecule has 27 heavy (non-hydrogen) atoms. The van der Waals surface area contributed by atoms with E-state index >= 15 is 0 Å². The van der Waals surface area contributed by atoms with Crippen LogP contribution in [0.1, 0.15) is 18.4 Å². The van der Waals surface area contributed by atoms with E-state index in [0.29, 0.717) is 11.5 Å². The van der Waals surface area contributed by atoms with Crippen LogP contribution < -0.4 is 9.80 Å². The average molecular weight is 362 g/mol. The molecule has 140 valence electrons. The Balaban J connectivity index is 1.29. The normalized spacial score (nSPS) is 21.1. The van der Waals surface area contributed by atoms with Gasteiger partial charge in [0.25, 0.3) is 0 Å². The highest BCUT2D eigenvalue weighted by Crippen LogP contribution is 2.23. The van der Waals surface area contributed by atoms with Crippen LogP contribution in [0, 0.1) is 17.2 Å². The molecule has 0 N–H and O–H groups in total. The molecule has 2 aliphatic rings. The molecule has 0 radical (unpaired) electrons. The molecule has 0 aromatic carbocycles. The van der Waals surface area contributed by atoms with E-state index in [-0.39, 0.29) is 0 Å². The minimum absolute atomic E-state index is 0.623. The van der Waals surface area contributed by atoms with Crippen LogP contribution in [-0.4, -0.2) is 60.7 Å². The van der Waals surface area contributed by atoms with Crippen molar-refractivity contribution in [2.24, 2.45) is 5.92 Å². The van der Waals surface area contributed by atoms with Gasteiger partial charge in [0, 0.05) is 58.2 Å². The number of pyridine rings is 2.